The second-order valence-corrected chi connectivity index (χ2v) is 8.88. The van der Waals surface area contributed by atoms with Gasteiger partial charge in [0.05, 0.1) is 12.3 Å². The Bertz CT molecular complexity index is 1190. The third-order valence-corrected chi connectivity index (χ3v) is 5.65. The van der Waals surface area contributed by atoms with Crippen LogP contribution < -0.4 is 0 Å². The molecule has 0 radical (unpaired) electrons. The first-order valence-corrected chi connectivity index (χ1v) is 12.2. The molecule has 1 N–H and O–H groups in total. The van der Waals surface area contributed by atoms with Crippen molar-refractivity contribution in [1.29, 1.82) is 0 Å². The maximum atomic E-state index is 12.0. The van der Waals surface area contributed by atoms with E-state index < -0.39 is 90.3 Å². The number of carbonyl (C=O) groups is 4. The number of aliphatic hydroxyl groups excluding tert-OH is 1. The number of rotatable bonds is 10. The molecule has 0 amide bonds. The molecule has 3 rings (SSSR count). The average Bonchev–Trinajstić information content (AvgIpc) is 3.35. The van der Waals surface area contributed by atoms with E-state index in [1.165, 1.54) is 30.6 Å². The Morgan fingerprint density at radius 2 is 1.59 bits per heavy atom. The summed E-state index contributed by atoms with van der Waals surface area (Å²) >= 11 is 0. The van der Waals surface area contributed by atoms with Crippen molar-refractivity contribution in [2.75, 3.05) is 6.61 Å². The normalized spacial score (nSPS) is 29.3. The molecular formula is C25H29NO15. The van der Waals surface area contributed by atoms with E-state index >= 15 is 0 Å². The molecule has 16 heteroatoms. The summed E-state index contributed by atoms with van der Waals surface area (Å²) in [5, 5.41) is 21.6. The van der Waals surface area contributed by atoms with Gasteiger partial charge in [0.15, 0.2) is 24.6 Å². The predicted octanol–water partition coefficient (Wildman–Crippen LogP) is 0.943. The van der Waals surface area contributed by atoms with Crippen LogP contribution in [0.3, 0.4) is 0 Å². The molecule has 0 bridgehead atoms. The van der Waals surface area contributed by atoms with E-state index in [0.29, 0.717) is 0 Å². The second-order valence-electron chi connectivity index (χ2n) is 8.88. The fraction of sp³-hybridized carbons (Fsp3) is 0.520. The summed E-state index contributed by atoms with van der Waals surface area (Å²) in [7, 11) is 0. The highest BCUT2D eigenvalue weighted by Crippen LogP contribution is 2.32. The fourth-order valence-electron chi connectivity index (χ4n) is 4.08. The lowest BCUT2D eigenvalue weighted by Gasteiger charge is -2.45. The molecule has 2 aliphatic rings. The van der Waals surface area contributed by atoms with Crippen molar-refractivity contribution >= 4 is 35.8 Å². The zero-order valence-electron chi connectivity index (χ0n) is 22.4. The zero-order valence-corrected chi connectivity index (χ0v) is 22.4. The topological polar surface area (TPSA) is 209 Å². The molecule has 3 heterocycles. The number of furan rings is 1. The molecule has 1 saturated heterocycles. The monoisotopic (exact) mass is 583 g/mol. The van der Waals surface area contributed by atoms with E-state index in [-0.39, 0.29) is 5.76 Å². The summed E-state index contributed by atoms with van der Waals surface area (Å²) in [6, 6.07) is 2.50. The SMILES string of the molecule is CC(=O)OC[C@H]1O[C@@H](O[C@@H]2[C@H](O)C=CO[C@@H]2/C=C/c2ccc([N+](=O)[O-])o2)[C@H](OC(C)=O)[C@@H](OC(C)=O)[C@@H]1OC(C)=O. The van der Waals surface area contributed by atoms with Gasteiger partial charge < -0.3 is 42.7 Å². The molecule has 1 aromatic heterocycles. The molecule has 0 aromatic carbocycles. The molecule has 16 nitrogen and oxygen atoms in total. The van der Waals surface area contributed by atoms with Crippen LogP contribution in [-0.4, -0.2) is 89.5 Å². The van der Waals surface area contributed by atoms with Crippen molar-refractivity contribution in [3.63, 3.8) is 0 Å². The summed E-state index contributed by atoms with van der Waals surface area (Å²) in [4.78, 5) is 57.6. The third-order valence-electron chi connectivity index (χ3n) is 5.65. The standard InChI is InChI=1S/C25H29NO15/c1-12(27)35-11-19-22(36-13(2)28)23(37-14(3)29)24(38-15(4)30)25(40-19)41-21-17(31)9-10-34-18(21)7-5-16-6-8-20(39-16)26(32)33/h5-10,17-19,21-25,31H,11H2,1-4H3/b7-5+/t17-,18-,19-,21-,22-,23+,24-,25+/m1/s1. The quantitative estimate of drug-likeness (QED) is 0.176. The molecule has 1 fully saturated rings. The van der Waals surface area contributed by atoms with Crippen LogP contribution in [-0.2, 0) is 52.3 Å². The van der Waals surface area contributed by atoms with Crippen LogP contribution >= 0.6 is 0 Å². The molecule has 0 aliphatic carbocycles. The smallest absolute Gasteiger partial charge is 0.433 e. The van der Waals surface area contributed by atoms with Crippen molar-refractivity contribution in [1.82, 2.24) is 0 Å². The van der Waals surface area contributed by atoms with E-state index in [0.717, 1.165) is 33.8 Å². The Balaban J connectivity index is 1.95. The minimum atomic E-state index is -1.58. The number of hydrogen-bond donors (Lipinski definition) is 1. The Morgan fingerprint density at radius 1 is 0.951 bits per heavy atom. The molecular weight excluding hydrogens is 554 g/mol. The lowest BCUT2D eigenvalue weighted by Crippen LogP contribution is -2.64. The molecule has 2 aliphatic heterocycles. The first-order chi connectivity index (χ1) is 19.3. The molecule has 224 valence electrons. The van der Waals surface area contributed by atoms with Crippen LogP contribution in [0.2, 0.25) is 0 Å². The Morgan fingerprint density at radius 3 is 2.17 bits per heavy atom. The summed E-state index contributed by atoms with van der Waals surface area (Å²) < 4.78 is 43.7. The largest absolute Gasteiger partial charge is 0.491 e. The van der Waals surface area contributed by atoms with Gasteiger partial charge in [-0.25, -0.2) is 0 Å². The van der Waals surface area contributed by atoms with Gasteiger partial charge in [0, 0.05) is 27.7 Å². The summed E-state index contributed by atoms with van der Waals surface area (Å²) in [5.74, 6) is -3.53. The van der Waals surface area contributed by atoms with E-state index in [9.17, 15) is 34.4 Å². The number of hydrogen-bond acceptors (Lipinski definition) is 15. The summed E-state index contributed by atoms with van der Waals surface area (Å²) in [5.41, 5.74) is 0. The number of aliphatic hydroxyl groups is 1. The van der Waals surface area contributed by atoms with Crippen molar-refractivity contribution in [2.45, 2.75) is 76.7 Å². The Kier molecular flexibility index (Phi) is 10.6. The van der Waals surface area contributed by atoms with E-state index in [4.69, 9.17) is 37.6 Å². The molecule has 0 saturated carbocycles. The van der Waals surface area contributed by atoms with Crippen molar-refractivity contribution in [2.24, 2.45) is 0 Å². The summed E-state index contributed by atoms with van der Waals surface area (Å²) in [6.45, 7) is 3.90. The van der Waals surface area contributed by atoms with Gasteiger partial charge in [-0.05, 0) is 24.3 Å². The van der Waals surface area contributed by atoms with E-state index in [1.807, 2.05) is 0 Å². The first-order valence-electron chi connectivity index (χ1n) is 12.2. The molecule has 8 atom stereocenters. The lowest BCUT2D eigenvalue weighted by molar-refractivity contribution is -0.402. The number of ether oxygens (including phenoxy) is 7. The Hall–Kier alpha value is -4.28. The van der Waals surface area contributed by atoms with Gasteiger partial charge in [-0.15, -0.1) is 0 Å². The number of esters is 4. The lowest BCUT2D eigenvalue weighted by atomic mass is 9.97. The molecule has 0 spiro atoms. The van der Waals surface area contributed by atoms with Crippen molar-refractivity contribution in [3.05, 3.63) is 46.4 Å². The van der Waals surface area contributed by atoms with Crippen LogP contribution in [0.4, 0.5) is 5.88 Å². The summed E-state index contributed by atoms with van der Waals surface area (Å²) in [6.07, 6.45) is -5.61. The number of nitrogens with zero attached hydrogens (tertiary/aromatic N) is 1. The van der Waals surface area contributed by atoms with Crippen molar-refractivity contribution in [3.8, 4) is 0 Å². The van der Waals surface area contributed by atoms with Crippen LogP contribution in [0, 0.1) is 10.1 Å². The van der Waals surface area contributed by atoms with Gasteiger partial charge in [-0.2, -0.15) is 0 Å². The van der Waals surface area contributed by atoms with Gasteiger partial charge in [0.2, 0.25) is 0 Å². The maximum Gasteiger partial charge on any atom is 0.433 e. The van der Waals surface area contributed by atoms with Gasteiger partial charge in [0.1, 0.15) is 41.7 Å². The molecule has 1 aromatic rings. The average molecular weight is 583 g/mol. The van der Waals surface area contributed by atoms with E-state index in [2.05, 4.69) is 0 Å². The van der Waals surface area contributed by atoms with Gasteiger partial charge in [0.25, 0.3) is 0 Å². The predicted molar refractivity (Wildman–Crippen MR) is 131 cm³/mol. The van der Waals surface area contributed by atoms with Gasteiger partial charge in [-0.3, -0.25) is 29.3 Å². The molecule has 0 unspecified atom stereocenters. The van der Waals surface area contributed by atoms with Crippen LogP contribution in [0.1, 0.15) is 33.5 Å². The van der Waals surface area contributed by atoms with Gasteiger partial charge >= 0.3 is 29.8 Å². The molecule has 41 heavy (non-hydrogen) atoms. The highest BCUT2D eigenvalue weighted by Gasteiger charge is 2.54. The number of carbonyl (C=O) groups excluding carboxylic acids is 4. The zero-order chi connectivity index (χ0) is 30.3. The fourth-order valence-corrected chi connectivity index (χ4v) is 4.08. The first kappa shape index (κ1) is 31.3. The highest BCUT2D eigenvalue weighted by atomic mass is 16.7. The van der Waals surface area contributed by atoms with Crippen LogP contribution in [0.25, 0.3) is 6.08 Å². The number of nitro groups is 1. The van der Waals surface area contributed by atoms with Crippen LogP contribution in [0.5, 0.6) is 0 Å². The second kappa shape index (κ2) is 13.9. The third kappa shape index (κ3) is 8.60. The Labute approximate surface area is 232 Å². The highest BCUT2D eigenvalue weighted by molar-refractivity contribution is 5.68. The maximum absolute atomic E-state index is 12.0. The van der Waals surface area contributed by atoms with Gasteiger partial charge in [-0.1, -0.05) is 0 Å². The van der Waals surface area contributed by atoms with Crippen LogP contribution in [0.15, 0.2) is 35.0 Å². The minimum Gasteiger partial charge on any atom is -0.491 e. The van der Waals surface area contributed by atoms with E-state index in [1.54, 1.807) is 0 Å². The minimum absolute atomic E-state index is 0.107. The van der Waals surface area contributed by atoms with Crippen molar-refractivity contribution < 1.29 is 66.8 Å².